The summed E-state index contributed by atoms with van der Waals surface area (Å²) in [6, 6.07) is 0. The lowest BCUT2D eigenvalue weighted by Crippen LogP contribution is -2.42. The molecule has 0 aliphatic carbocycles. The van der Waals surface area contributed by atoms with Gasteiger partial charge in [-0.1, -0.05) is 0 Å². The molecule has 1 fully saturated rings. The lowest BCUT2D eigenvalue weighted by molar-refractivity contribution is -0.170. The second-order valence-electron chi connectivity index (χ2n) is 2.76. The number of rotatable bonds is 2. The van der Waals surface area contributed by atoms with E-state index >= 15 is 0 Å². The van der Waals surface area contributed by atoms with E-state index in [0.717, 1.165) is 0 Å². The molecule has 1 aliphatic rings. The molecule has 0 radical (unpaired) electrons. The second-order valence-corrected chi connectivity index (χ2v) is 2.76. The van der Waals surface area contributed by atoms with Gasteiger partial charge >= 0.3 is 5.97 Å². The van der Waals surface area contributed by atoms with Crippen molar-refractivity contribution in [3.8, 4) is 0 Å². The lowest BCUT2D eigenvalue weighted by Gasteiger charge is -2.16. The van der Waals surface area contributed by atoms with Crippen molar-refractivity contribution < 1.29 is 35.1 Å². The normalized spacial score (nSPS) is 41.8. The van der Waals surface area contributed by atoms with Crippen LogP contribution in [0.15, 0.2) is 0 Å². The summed E-state index contributed by atoms with van der Waals surface area (Å²) in [4.78, 5) is 10.2. The van der Waals surface area contributed by atoms with Gasteiger partial charge in [0.15, 0.2) is 12.4 Å². The van der Waals surface area contributed by atoms with Gasteiger partial charge in [0, 0.05) is 0 Å². The molecule has 76 valence electrons. The van der Waals surface area contributed by atoms with Crippen molar-refractivity contribution in [2.24, 2.45) is 0 Å². The van der Waals surface area contributed by atoms with Crippen LogP contribution in [-0.4, -0.2) is 62.2 Å². The van der Waals surface area contributed by atoms with Crippen LogP contribution in [0.2, 0.25) is 0 Å². The van der Waals surface area contributed by atoms with Gasteiger partial charge in [-0.25, -0.2) is 4.79 Å². The van der Waals surface area contributed by atoms with Crippen LogP contribution in [0.4, 0.5) is 0 Å². The summed E-state index contributed by atoms with van der Waals surface area (Å²) in [7, 11) is 0. The SMILES string of the molecule is O=C(O)[C@@H](O)[C@@H]1O[C@H](O)[C@H](O)[C@H]1O. The smallest absolute Gasteiger partial charge is 0.335 e. The second kappa shape index (κ2) is 3.56. The summed E-state index contributed by atoms with van der Waals surface area (Å²) >= 11 is 0. The van der Waals surface area contributed by atoms with Gasteiger partial charge in [-0.3, -0.25) is 0 Å². The number of aliphatic hydroxyl groups excluding tert-OH is 4. The number of hydrogen-bond acceptors (Lipinski definition) is 6. The molecule has 0 spiro atoms. The molecular weight excluding hydrogens is 184 g/mol. The van der Waals surface area contributed by atoms with Crippen LogP contribution in [0.1, 0.15) is 0 Å². The summed E-state index contributed by atoms with van der Waals surface area (Å²) in [5.74, 6) is -1.59. The molecule has 0 saturated carbocycles. The van der Waals surface area contributed by atoms with Crippen molar-refractivity contribution in [3.05, 3.63) is 0 Å². The zero-order valence-corrected chi connectivity index (χ0v) is 6.44. The third-order valence-electron chi connectivity index (χ3n) is 1.84. The highest BCUT2D eigenvalue weighted by Crippen LogP contribution is 2.22. The number of hydrogen-bond donors (Lipinski definition) is 5. The minimum Gasteiger partial charge on any atom is -0.479 e. The molecule has 1 saturated heterocycles. The van der Waals surface area contributed by atoms with E-state index in [1.165, 1.54) is 0 Å². The monoisotopic (exact) mass is 194 g/mol. The highest BCUT2D eigenvalue weighted by Gasteiger charge is 2.47. The molecule has 1 heterocycles. The molecule has 0 aromatic rings. The Hall–Kier alpha value is -0.730. The minimum absolute atomic E-state index is 1.51. The topological polar surface area (TPSA) is 127 Å². The van der Waals surface area contributed by atoms with Crippen molar-refractivity contribution in [2.75, 3.05) is 0 Å². The molecule has 0 aromatic heterocycles. The van der Waals surface area contributed by atoms with E-state index in [4.69, 9.17) is 25.5 Å². The first-order chi connectivity index (χ1) is 5.95. The van der Waals surface area contributed by atoms with Crippen LogP contribution >= 0.6 is 0 Å². The average Bonchev–Trinajstić information content (AvgIpc) is 2.31. The highest BCUT2D eigenvalue weighted by atomic mass is 16.6. The quantitative estimate of drug-likeness (QED) is 0.314. The Kier molecular flexibility index (Phi) is 2.84. The maximum Gasteiger partial charge on any atom is 0.335 e. The Morgan fingerprint density at radius 3 is 2.08 bits per heavy atom. The maximum absolute atomic E-state index is 10.2. The van der Waals surface area contributed by atoms with E-state index in [1.807, 2.05) is 0 Å². The fourth-order valence-electron chi connectivity index (χ4n) is 1.09. The molecule has 1 aliphatic heterocycles. The van der Waals surface area contributed by atoms with Gasteiger partial charge in [-0.2, -0.15) is 0 Å². The average molecular weight is 194 g/mol. The summed E-state index contributed by atoms with van der Waals surface area (Å²) in [6.45, 7) is 0. The van der Waals surface area contributed by atoms with Crippen LogP contribution in [-0.2, 0) is 9.53 Å². The number of carboxylic acids is 1. The number of aliphatic hydroxyl groups is 4. The number of carbonyl (C=O) groups is 1. The van der Waals surface area contributed by atoms with Crippen molar-refractivity contribution in [3.63, 3.8) is 0 Å². The fraction of sp³-hybridized carbons (Fsp3) is 0.833. The number of ether oxygens (including phenoxy) is 1. The summed E-state index contributed by atoms with van der Waals surface area (Å²) < 4.78 is 4.43. The predicted molar refractivity (Wildman–Crippen MR) is 36.5 cm³/mol. The molecule has 1 rings (SSSR count). The highest BCUT2D eigenvalue weighted by molar-refractivity contribution is 5.72. The Morgan fingerprint density at radius 2 is 1.77 bits per heavy atom. The Balaban J connectivity index is 2.68. The van der Waals surface area contributed by atoms with Crippen molar-refractivity contribution in [2.45, 2.75) is 30.7 Å². The van der Waals surface area contributed by atoms with Crippen LogP contribution in [0.25, 0.3) is 0 Å². The van der Waals surface area contributed by atoms with Crippen LogP contribution in [0, 0.1) is 0 Å². The minimum atomic E-state index is -1.97. The van der Waals surface area contributed by atoms with Gasteiger partial charge in [0.2, 0.25) is 0 Å². The lowest BCUT2D eigenvalue weighted by atomic mass is 10.1. The number of aliphatic carboxylic acids is 1. The standard InChI is InChI=1S/C6H10O7/c7-1-2(8)6(12)13-4(1)3(9)5(10)11/h1-4,6-9,12H,(H,10,11)/t1-,2-,3+,4-,6+/m1/s1. The summed E-state index contributed by atoms with van der Waals surface area (Å²) in [5.41, 5.74) is 0. The van der Waals surface area contributed by atoms with E-state index < -0.39 is 36.7 Å². The summed E-state index contributed by atoms with van der Waals surface area (Å²) in [5, 5.41) is 44.1. The molecule has 7 nitrogen and oxygen atoms in total. The molecule has 0 bridgehead atoms. The zero-order valence-electron chi connectivity index (χ0n) is 6.44. The van der Waals surface area contributed by atoms with Gasteiger partial charge in [-0.15, -0.1) is 0 Å². The van der Waals surface area contributed by atoms with E-state index in [9.17, 15) is 4.79 Å². The first kappa shape index (κ1) is 10.4. The predicted octanol–water partition coefficient (Wildman–Crippen LogP) is -3.13. The maximum atomic E-state index is 10.2. The van der Waals surface area contributed by atoms with Gasteiger partial charge < -0.3 is 30.3 Å². The van der Waals surface area contributed by atoms with Crippen LogP contribution in [0.5, 0.6) is 0 Å². The fourth-order valence-corrected chi connectivity index (χ4v) is 1.09. The van der Waals surface area contributed by atoms with Crippen molar-refractivity contribution >= 4 is 5.97 Å². The molecule has 0 aromatic carbocycles. The molecular formula is C6H10O7. The largest absolute Gasteiger partial charge is 0.479 e. The van der Waals surface area contributed by atoms with Crippen LogP contribution in [0.3, 0.4) is 0 Å². The van der Waals surface area contributed by atoms with Gasteiger partial charge in [-0.05, 0) is 0 Å². The van der Waals surface area contributed by atoms with E-state index in [0.29, 0.717) is 0 Å². The van der Waals surface area contributed by atoms with Gasteiger partial charge in [0.1, 0.15) is 18.3 Å². The molecule has 5 atom stereocenters. The van der Waals surface area contributed by atoms with E-state index in [2.05, 4.69) is 4.74 Å². The molecule has 5 N–H and O–H groups in total. The third kappa shape index (κ3) is 1.79. The van der Waals surface area contributed by atoms with E-state index in [-0.39, 0.29) is 0 Å². The van der Waals surface area contributed by atoms with Crippen molar-refractivity contribution in [1.82, 2.24) is 0 Å². The first-order valence-corrected chi connectivity index (χ1v) is 3.55. The Bertz CT molecular complexity index is 205. The first-order valence-electron chi connectivity index (χ1n) is 3.55. The summed E-state index contributed by atoms with van der Waals surface area (Å²) in [6.07, 6.45) is -8.36. The van der Waals surface area contributed by atoms with Crippen LogP contribution < -0.4 is 0 Å². The molecule has 0 amide bonds. The third-order valence-corrected chi connectivity index (χ3v) is 1.84. The molecule has 13 heavy (non-hydrogen) atoms. The Labute approximate surface area is 72.8 Å². The van der Waals surface area contributed by atoms with Crippen molar-refractivity contribution in [1.29, 1.82) is 0 Å². The van der Waals surface area contributed by atoms with Gasteiger partial charge in [0.05, 0.1) is 0 Å². The molecule has 0 unspecified atom stereocenters. The van der Waals surface area contributed by atoms with Gasteiger partial charge in [0.25, 0.3) is 0 Å². The molecule has 7 heteroatoms. The zero-order chi connectivity index (χ0) is 10.2. The number of carboxylic acid groups (broad SMARTS) is 1. The van der Waals surface area contributed by atoms with E-state index in [1.54, 1.807) is 0 Å². The Morgan fingerprint density at radius 1 is 1.23 bits per heavy atom.